The second-order valence-corrected chi connectivity index (χ2v) is 13.3. The number of esters is 1. The number of halogens is 2. The van der Waals surface area contributed by atoms with E-state index in [9.17, 15) is 18.4 Å². The van der Waals surface area contributed by atoms with Crippen LogP contribution in [0.15, 0.2) is 45.6 Å². The van der Waals surface area contributed by atoms with Crippen LogP contribution < -0.4 is 10.4 Å². The van der Waals surface area contributed by atoms with Crippen LogP contribution in [0.1, 0.15) is 99.3 Å². The van der Waals surface area contributed by atoms with Crippen LogP contribution in [0, 0.1) is 28.4 Å². The van der Waals surface area contributed by atoms with E-state index in [4.69, 9.17) is 13.9 Å². The van der Waals surface area contributed by atoms with Crippen molar-refractivity contribution in [1.82, 2.24) is 4.98 Å². The predicted molar refractivity (Wildman–Crippen MR) is 166 cm³/mol. The summed E-state index contributed by atoms with van der Waals surface area (Å²) in [5, 5.41) is 0.527. The van der Waals surface area contributed by atoms with Crippen molar-refractivity contribution in [2.45, 2.75) is 99.3 Å². The molecule has 43 heavy (non-hydrogen) atoms. The molecule has 236 valence electrons. The quantitative estimate of drug-likeness (QED) is 0.121. The van der Waals surface area contributed by atoms with Gasteiger partial charge in [0, 0.05) is 17.5 Å². The first kappa shape index (κ1) is 34.2. The Morgan fingerprint density at radius 2 is 1.44 bits per heavy atom. The van der Waals surface area contributed by atoms with E-state index in [-0.39, 0.29) is 34.1 Å². The number of benzene rings is 1. The van der Waals surface area contributed by atoms with Crippen LogP contribution in [-0.2, 0) is 9.53 Å². The molecule has 0 spiro atoms. The zero-order valence-corrected chi connectivity index (χ0v) is 26.6. The SMILES string of the molecule is CC(CC(C)(C)C)C(C)(C)C(=O)OCCCCCCCCCCOc1ccc2cc(-c3cc(F)cc(F)c3)c(=O)oc2n1. The molecular formula is C35H47F2NO5. The van der Waals surface area contributed by atoms with Crippen molar-refractivity contribution in [2.75, 3.05) is 13.2 Å². The van der Waals surface area contributed by atoms with E-state index >= 15 is 0 Å². The van der Waals surface area contributed by atoms with E-state index in [2.05, 4.69) is 32.7 Å². The first-order valence-corrected chi connectivity index (χ1v) is 15.5. The Bertz CT molecular complexity index is 1390. The summed E-state index contributed by atoms with van der Waals surface area (Å²) in [6, 6.07) is 7.82. The van der Waals surface area contributed by atoms with Gasteiger partial charge >= 0.3 is 11.6 Å². The number of carbonyl (C=O) groups excluding carboxylic acids is 1. The summed E-state index contributed by atoms with van der Waals surface area (Å²) in [7, 11) is 0. The Hall–Kier alpha value is -3.29. The molecule has 8 heteroatoms. The maximum absolute atomic E-state index is 13.6. The molecule has 0 N–H and O–H groups in total. The lowest BCUT2D eigenvalue weighted by Gasteiger charge is -2.34. The molecule has 2 heterocycles. The highest BCUT2D eigenvalue weighted by molar-refractivity contribution is 5.79. The van der Waals surface area contributed by atoms with Gasteiger partial charge < -0.3 is 13.9 Å². The Morgan fingerprint density at radius 3 is 2.05 bits per heavy atom. The highest BCUT2D eigenvalue weighted by Crippen LogP contribution is 2.37. The second kappa shape index (κ2) is 15.4. The lowest BCUT2D eigenvalue weighted by Crippen LogP contribution is -2.35. The minimum atomic E-state index is -0.771. The second-order valence-electron chi connectivity index (χ2n) is 13.3. The van der Waals surface area contributed by atoms with Crippen LogP contribution in [-0.4, -0.2) is 24.2 Å². The molecule has 0 fully saturated rings. The van der Waals surface area contributed by atoms with Crippen molar-refractivity contribution in [1.29, 1.82) is 0 Å². The van der Waals surface area contributed by atoms with Gasteiger partial charge in [0.25, 0.3) is 0 Å². The molecule has 0 aliphatic carbocycles. The third-order valence-electron chi connectivity index (χ3n) is 7.95. The Balaban J connectivity index is 1.28. The van der Waals surface area contributed by atoms with Crippen molar-refractivity contribution >= 4 is 17.1 Å². The van der Waals surface area contributed by atoms with Gasteiger partial charge in [-0.05, 0) is 74.3 Å². The van der Waals surface area contributed by atoms with Crippen LogP contribution in [0.4, 0.5) is 8.78 Å². The normalized spacial score (nSPS) is 12.8. The monoisotopic (exact) mass is 599 g/mol. The van der Waals surface area contributed by atoms with Gasteiger partial charge in [-0.2, -0.15) is 4.98 Å². The zero-order valence-electron chi connectivity index (χ0n) is 26.6. The van der Waals surface area contributed by atoms with Crippen LogP contribution in [0.25, 0.3) is 22.2 Å². The van der Waals surface area contributed by atoms with Gasteiger partial charge in [0.2, 0.25) is 11.6 Å². The van der Waals surface area contributed by atoms with Crippen molar-refractivity contribution in [3.63, 3.8) is 0 Å². The molecule has 1 atom stereocenters. The summed E-state index contributed by atoms with van der Waals surface area (Å²) in [5.74, 6) is -1.02. The van der Waals surface area contributed by atoms with Gasteiger partial charge in [0.15, 0.2) is 0 Å². The average molecular weight is 600 g/mol. The fourth-order valence-corrected chi connectivity index (χ4v) is 5.14. The molecule has 6 nitrogen and oxygen atoms in total. The number of aromatic nitrogens is 1. The van der Waals surface area contributed by atoms with Crippen molar-refractivity contribution < 1.29 is 27.5 Å². The van der Waals surface area contributed by atoms with Crippen LogP contribution in [0.2, 0.25) is 0 Å². The number of pyridine rings is 1. The molecule has 0 saturated heterocycles. The molecule has 3 aromatic rings. The van der Waals surface area contributed by atoms with Crippen LogP contribution >= 0.6 is 0 Å². The van der Waals surface area contributed by atoms with Gasteiger partial charge in [-0.1, -0.05) is 66.2 Å². The van der Waals surface area contributed by atoms with E-state index in [1.54, 1.807) is 12.1 Å². The average Bonchev–Trinajstić information content (AvgIpc) is 2.91. The Morgan fingerprint density at radius 1 is 0.860 bits per heavy atom. The van der Waals surface area contributed by atoms with E-state index in [1.807, 2.05) is 13.8 Å². The molecule has 0 bridgehead atoms. The van der Waals surface area contributed by atoms with E-state index in [0.29, 0.717) is 24.5 Å². The molecule has 0 aliphatic rings. The van der Waals surface area contributed by atoms with Gasteiger partial charge in [-0.15, -0.1) is 0 Å². The Kier molecular flexibility index (Phi) is 12.3. The van der Waals surface area contributed by atoms with Crippen molar-refractivity contribution in [3.8, 4) is 17.0 Å². The molecule has 0 saturated carbocycles. The number of hydrogen-bond acceptors (Lipinski definition) is 6. The van der Waals surface area contributed by atoms with Crippen LogP contribution in [0.5, 0.6) is 5.88 Å². The largest absolute Gasteiger partial charge is 0.478 e. The highest BCUT2D eigenvalue weighted by Gasteiger charge is 2.37. The Labute approximate surface area is 254 Å². The summed E-state index contributed by atoms with van der Waals surface area (Å²) in [4.78, 5) is 29.3. The first-order valence-electron chi connectivity index (χ1n) is 15.5. The maximum atomic E-state index is 13.6. The number of hydrogen-bond donors (Lipinski definition) is 0. The van der Waals surface area contributed by atoms with E-state index in [0.717, 1.165) is 76.0 Å². The molecular weight excluding hydrogens is 552 g/mol. The van der Waals surface area contributed by atoms with Gasteiger partial charge in [-0.3, -0.25) is 4.79 Å². The van der Waals surface area contributed by atoms with Crippen molar-refractivity contribution in [2.24, 2.45) is 16.7 Å². The number of nitrogens with zero attached hydrogens (tertiary/aromatic N) is 1. The fraction of sp³-hybridized carbons (Fsp3) is 0.571. The molecule has 3 rings (SSSR count). The van der Waals surface area contributed by atoms with Gasteiger partial charge in [-0.25, -0.2) is 13.6 Å². The highest BCUT2D eigenvalue weighted by atomic mass is 19.1. The number of fused-ring (bicyclic) bond motifs is 1. The number of carbonyl (C=O) groups is 1. The predicted octanol–water partition coefficient (Wildman–Crippen LogP) is 9.27. The fourth-order valence-electron chi connectivity index (χ4n) is 5.14. The minimum absolute atomic E-state index is 0.0607. The molecule has 1 aromatic carbocycles. The third-order valence-corrected chi connectivity index (χ3v) is 7.95. The number of rotatable bonds is 16. The summed E-state index contributed by atoms with van der Waals surface area (Å²) >= 11 is 0. The van der Waals surface area contributed by atoms with Crippen molar-refractivity contribution in [3.05, 3.63) is 58.5 Å². The summed E-state index contributed by atoms with van der Waals surface area (Å²) in [6.45, 7) is 13.7. The number of unbranched alkanes of at least 4 members (excludes halogenated alkanes) is 7. The summed E-state index contributed by atoms with van der Waals surface area (Å²) < 4.78 is 43.8. The maximum Gasteiger partial charge on any atom is 0.345 e. The van der Waals surface area contributed by atoms with Gasteiger partial charge in [0.05, 0.1) is 24.2 Å². The summed E-state index contributed by atoms with van der Waals surface area (Å²) in [5.41, 5.74) is -0.746. The smallest absolute Gasteiger partial charge is 0.345 e. The van der Waals surface area contributed by atoms with E-state index in [1.165, 1.54) is 6.07 Å². The van der Waals surface area contributed by atoms with Crippen LogP contribution in [0.3, 0.4) is 0 Å². The lowest BCUT2D eigenvalue weighted by molar-refractivity contribution is -0.157. The number of ether oxygens (including phenoxy) is 2. The van der Waals surface area contributed by atoms with E-state index < -0.39 is 22.7 Å². The zero-order chi connectivity index (χ0) is 31.6. The topological polar surface area (TPSA) is 78.6 Å². The minimum Gasteiger partial charge on any atom is -0.478 e. The first-order chi connectivity index (χ1) is 20.3. The molecule has 2 aromatic heterocycles. The van der Waals surface area contributed by atoms with Gasteiger partial charge in [0.1, 0.15) is 11.6 Å². The summed E-state index contributed by atoms with van der Waals surface area (Å²) in [6.07, 6.45) is 9.38. The third kappa shape index (κ3) is 10.7. The standard InChI is InChI=1S/C35H47F2NO5/c1-24(23-34(2,3)4)35(5,6)33(40)42-18-14-12-10-8-7-9-11-13-17-41-30-16-15-25-21-29(32(39)43-31(25)38-30)26-19-27(36)22-28(37)20-26/h15-16,19-22,24H,7-14,17-18,23H2,1-6H3. The molecule has 0 radical (unpaired) electrons. The lowest BCUT2D eigenvalue weighted by atomic mass is 9.72. The molecule has 0 aliphatic heterocycles. The molecule has 0 amide bonds. The molecule has 1 unspecified atom stereocenters.